The van der Waals surface area contributed by atoms with Crippen LogP contribution in [0.15, 0.2) is 35.3 Å². The van der Waals surface area contributed by atoms with Crippen LogP contribution in [0.5, 0.6) is 0 Å². The molecule has 1 aromatic carbocycles. The van der Waals surface area contributed by atoms with Crippen molar-refractivity contribution in [2.24, 2.45) is 10.9 Å². The Labute approximate surface area is 123 Å². The molecule has 2 nitrogen and oxygen atoms in total. The zero-order valence-corrected chi connectivity index (χ0v) is 13.2. The number of nitrogens with zero attached hydrogens (tertiary/aromatic N) is 1. The summed E-state index contributed by atoms with van der Waals surface area (Å²) >= 11 is 3.10. The summed E-state index contributed by atoms with van der Waals surface area (Å²) in [6.07, 6.45) is 0. The molecule has 0 saturated carbocycles. The molecular formula is C15H19NOS2. The van der Waals surface area contributed by atoms with Gasteiger partial charge in [-0.3, -0.25) is 9.79 Å². The molecule has 0 unspecified atom stereocenters. The molecule has 0 fully saturated rings. The number of aliphatic imine (C=N–C) groups is 1. The summed E-state index contributed by atoms with van der Waals surface area (Å²) in [6.45, 7) is 6.12. The summed E-state index contributed by atoms with van der Waals surface area (Å²) in [5.74, 6) is 2.03. The van der Waals surface area contributed by atoms with Gasteiger partial charge in [-0.25, -0.2) is 0 Å². The summed E-state index contributed by atoms with van der Waals surface area (Å²) in [5.41, 5.74) is 0.756. The fourth-order valence-electron chi connectivity index (χ4n) is 1.80. The summed E-state index contributed by atoms with van der Waals surface area (Å²) < 4.78 is 0. The van der Waals surface area contributed by atoms with E-state index in [1.54, 1.807) is 11.8 Å². The van der Waals surface area contributed by atoms with Crippen LogP contribution in [0.4, 0.5) is 0 Å². The molecular weight excluding hydrogens is 274 g/mol. The van der Waals surface area contributed by atoms with E-state index in [0.717, 1.165) is 16.5 Å². The smallest absolute Gasteiger partial charge is 0.222 e. The Morgan fingerprint density at radius 1 is 1.32 bits per heavy atom. The molecule has 0 aliphatic carbocycles. The van der Waals surface area contributed by atoms with Crippen molar-refractivity contribution in [3.05, 3.63) is 35.9 Å². The predicted molar refractivity (Wildman–Crippen MR) is 85.9 cm³/mol. The number of thioether (sulfide) groups is 2. The van der Waals surface area contributed by atoms with Crippen molar-refractivity contribution < 1.29 is 4.79 Å². The minimum atomic E-state index is -0.538. The van der Waals surface area contributed by atoms with Crippen LogP contribution in [0, 0.1) is 5.92 Å². The van der Waals surface area contributed by atoms with Crippen molar-refractivity contribution in [1.29, 1.82) is 0 Å². The Kier molecular flexibility index (Phi) is 4.74. The second-order valence-electron chi connectivity index (χ2n) is 5.25. The SMILES string of the molecule is CC(C)C1=N[C@@](C)(CSCc2ccccc2)C(=O)S1. The van der Waals surface area contributed by atoms with Gasteiger partial charge in [0.05, 0.1) is 5.04 Å². The zero-order chi connectivity index (χ0) is 13.9. The first kappa shape index (κ1) is 14.7. The van der Waals surface area contributed by atoms with Gasteiger partial charge in [0.25, 0.3) is 0 Å². The van der Waals surface area contributed by atoms with Crippen LogP contribution in [-0.4, -0.2) is 21.5 Å². The highest BCUT2D eigenvalue weighted by molar-refractivity contribution is 8.27. The van der Waals surface area contributed by atoms with E-state index in [-0.39, 0.29) is 5.12 Å². The molecule has 1 aliphatic rings. The minimum Gasteiger partial charge on any atom is -0.284 e. The van der Waals surface area contributed by atoms with Gasteiger partial charge in [0.1, 0.15) is 5.54 Å². The van der Waals surface area contributed by atoms with Crippen LogP contribution >= 0.6 is 23.5 Å². The van der Waals surface area contributed by atoms with Crippen LogP contribution in [0.3, 0.4) is 0 Å². The maximum absolute atomic E-state index is 12.1. The van der Waals surface area contributed by atoms with Crippen LogP contribution in [0.1, 0.15) is 26.3 Å². The van der Waals surface area contributed by atoms with Crippen LogP contribution in [-0.2, 0) is 10.5 Å². The number of benzene rings is 1. The largest absolute Gasteiger partial charge is 0.284 e. The third-order valence-corrected chi connectivity index (χ3v) is 5.68. The Bertz CT molecular complexity index is 484. The lowest BCUT2D eigenvalue weighted by Crippen LogP contribution is -2.30. The van der Waals surface area contributed by atoms with Crippen LogP contribution in [0.2, 0.25) is 0 Å². The molecule has 1 heterocycles. The molecule has 0 saturated heterocycles. The van der Waals surface area contributed by atoms with Gasteiger partial charge in [0.15, 0.2) is 0 Å². The molecule has 1 atom stereocenters. The molecule has 0 aromatic heterocycles. The average molecular weight is 293 g/mol. The topological polar surface area (TPSA) is 29.4 Å². The van der Waals surface area contributed by atoms with Crippen LogP contribution < -0.4 is 0 Å². The van der Waals surface area contributed by atoms with Crippen molar-refractivity contribution in [2.75, 3.05) is 5.75 Å². The van der Waals surface area contributed by atoms with Gasteiger partial charge in [-0.2, -0.15) is 11.8 Å². The fraction of sp³-hybridized carbons (Fsp3) is 0.467. The van der Waals surface area contributed by atoms with Crippen molar-refractivity contribution in [1.82, 2.24) is 0 Å². The quantitative estimate of drug-likeness (QED) is 0.821. The van der Waals surface area contributed by atoms with Gasteiger partial charge in [-0.1, -0.05) is 44.2 Å². The first-order valence-electron chi connectivity index (χ1n) is 6.45. The molecule has 0 N–H and O–H groups in total. The van der Waals surface area contributed by atoms with Crippen LogP contribution in [0.25, 0.3) is 0 Å². The lowest BCUT2D eigenvalue weighted by atomic mass is 10.1. The van der Waals surface area contributed by atoms with Gasteiger partial charge in [0, 0.05) is 17.4 Å². The highest BCUT2D eigenvalue weighted by Crippen LogP contribution is 2.35. The normalized spacial score (nSPS) is 22.9. The van der Waals surface area contributed by atoms with E-state index in [2.05, 4.69) is 31.0 Å². The van der Waals surface area contributed by atoms with E-state index in [4.69, 9.17) is 0 Å². The summed E-state index contributed by atoms with van der Waals surface area (Å²) in [4.78, 5) is 16.7. The van der Waals surface area contributed by atoms with Gasteiger partial charge < -0.3 is 0 Å². The van der Waals surface area contributed by atoms with Gasteiger partial charge in [-0.15, -0.1) is 0 Å². The monoisotopic (exact) mass is 293 g/mol. The van der Waals surface area contributed by atoms with E-state index in [1.807, 2.05) is 25.1 Å². The summed E-state index contributed by atoms with van der Waals surface area (Å²) in [5, 5.41) is 1.17. The van der Waals surface area contributed by atoms with Crippen molar-refractivity contribution in [3.63, 3.8) is 0 Å². The number of hydrogen-bond acceptors (Lipinski definition) is 4. The molecule has 0 radical (unpaired) electrons. The van der Waals surface area contributed by atoms with Crippen molar-refractivity contribution in [3.8, 4) is 0 Å². The number of rotatable bonds is 5. The molecule has 0 spiro atoms. The maximum Gasteiger partial charge on any atom is 0.222 e. The Hall–Kier alpha value is -0.740. The minimum absolute atomic E-state index is 0.191. The molecule has 0 amide bonds. The van der Waals surface area contributed by atoms with E-state index in [1.165, 1.54) is 17.3 Å². The third kappa shape index (κ3) is 3.63. The number of carbonyl (C=O) groups is 1. The van der Waals surface area contributed by atoms with E-state index in [0.29, 0.717) is 5.92 Å². The second-order valence-corrected chi connectivity index (χ2v) is 7.23. The molecule has 0 bridgehead atoms. The Balaban J connectivity index is 1.93. The zero-order valence-electron chi connectivity index (χ0n) is 11.6. The molecule has 4 heteroatoms. The highest BCUT2D eigenvalue weighted by atomic mass is 32.2. The maximum atomic E-state index is 12.1. The number of hydrogen-bond donors (Lipinski definition) is 0. The summed E-state index contributed by atoms with van der Waals surface area (Å²) in [7, 11) is 0. The van der Waals surface area contributed by atoms with E-state index in [9.17, 15) is 4.79 Å². The highest BCUT2D eigenvalue weighted by Gasteiger charge is 2.40. The number of carbonyl (C=O) groups excluding carboxylic acids is 1. The standard InChI is InChI=1S/C15H19NOS2/c1-11(2)13-16-15(3,14(17)19-13)10-18-9-12-7-5-4-6-8-12/h4-8,11H,9-10H2,1-3H3/t15-/m0/s1. The molecule has 2 rings (SSSR count). The Morgan fingerprint density at radius 2 is 2.00 bits per heavy atom. The first-order chi connectivity index (χ1) is 9.01. The predicted octanol–water partition coefficient (Wildman–Crippen LogP) is 4.01. The molecule has 19 heavy (non-hydrogen) atoms. The van der Waals surface area contributed by atoms with Gasteiger partial charge in [-0.05, 0) is 24.2 Å². The molecule has 102 valence electrons. The van der Waals surface area contributed by atoms with Gasteiger partial charge in [0.2, 0.25) is 5.12 Å². The van der Waals surface area contributed by atoms with Crippen molar-refractivity contribution in [2.45, 2.75) is 32.1 Å². The third-order valence-electron chi connectivity index (χ3n) is 2.98. The Morgan fingerprint density at radius 3 is 2.58 bits per heavy atom. The molecule has 1 aliphatic heterocycles. The summed E-state index contributed by atoms with van der Waals surface area (Å²) in [6, 6.07) is 10.3. The lowest BCUT2D eigenvalue weighted by Gasteiger charge is -2.17. The fourth-order valence-corrected chi connectivity index (χ4v) is 4.02. The van der Waals surface area contributed by atoms with E-state index >= 15 is 0 Å². The van der Waals surface area contributed by atoms with Crippen molar-refractivity contribution >= 4 is 33.7 Å². The lowest BCUT2D eigenvalue weighted by molar-refractivity contribution is -0.113. The first-order valence-corrected chi connectivity index (χ1v) is 8.42. The molecule has 1 aromatic rings. The van der Waals surface area contributed by atoms with E-state index < -0.39 is 5.54 Å². The second kappa shape index (κ2) is 6.14. The average Bonchev–Trinajstić information content (AvgIpc) is 2.68. The van der Waals surface area contributed by atoms with Gasteiger partial charge >= 0.3 is 0 Å².